The van der Waals surface area contributed by atoms with E-state index in [2.05, 4.69) is 21.2 Å². The summed E-state index contributed by atoms with van der Waals surface area (Å²) in [5, 5.41) is 13.0. The van der Waals surface area contributed by atoms with E-state index in [1.165, 1.54) is 6.07 Å². The van der Waals surface area contributed by atoms with Gasteiger partial charge in [0.25, 0.3) is 0 Å². The van der Waals surface area contributed by atoms with E-state index in [-0.39, 0.29) is 23.4 Å². The lowest BCUT2D eigenvalue weighted by molar-refractivity contribution is -0.0730. The molecule has 1 aliphatic carbocycles. The van der Waals surface area contributed by atoms with Gasteiger partial charge in [-0.1, -0.05) is 26.0 Å². The van der Waals surface area contributed by atoms with Crippen molar-refractivity contribution in [2.45, 2.75) is 39.0 Å². The molecular formula is C13H17BrFNO. The summed E-state index contributed by atoms with van der Waals surface area (Å²) in [6.45, 7) is 4.69. The van der Waals surface area contributed by atoms with Gasteiger partial charge in [-0.25, -0.2) is 4.39 Å². The fraction of sp³-hybridized carbons (Fsp3) is 0.538. The monoisotopic (exact) mass is 301 g/mol. The molecule has 0 radical (unpaired) electrons. The van der Waals surface area contributed by atoms with Gasteiger partial charge in [-0.05, 0) is 34.0 Å². The summed E-state index contributed by atoms with van der Waals surface area (Å²) in [4.78, 5) is 0. The molecule has 1 aromatic rings. The van der Waals surface area contributed by atoms with Crippen LogP contribution in [0, 0.1) is 11.2 Å². The van der Waals surface area contributed by atoms with Crippen molar-refractivity contribution in [3.8, 4) is 0 Å². The van der Waals surface area contributed by atoms with Gasteiger partial charge in [-0.3, -0.25) is 0 Å². The molecular weight excluding hydrogens is 285 g/mol. The van der Waals surface area contributed by atoms with Crippen LogP contribution in [0.15, 0.2) is 22.7 Å². The Labute approximate surface area is 109 Å². The number of rotatable bonds is 3. The smallest absolute Gasteiger partial charge is 0.137 e. The van der Waals surface area contributed by atoms with Gasteiger partial charge in [0.2, 0.25) is 0 Å². The Bertz CT molecular complexity index is 422. The quantitative estimate of drug-likeness (QED) is 0.900. The average molecular weight is 302 g/mol. The third-order valence-electron chi connectivity index (χ3n) is 3.79. The topological polar surface area (TPSA) is 32.3 Å². The van der Waals surface area contributed by atoms with Gasteiger partial charge in [-0.15, -0.1) is 0 Å². The predicted octanol–water partition coefficient (Wildman–Crippen LogP) is 2.84. The van der Waals surface area contributed by atoms with Crippen molar-refractivity contribution in [1.82, 2.24) is 5.32 Å². The number of benzene rings is 1. The molecule has 2 atom stereocenters. The molecule has 0 saturated heterocycles. The van der Waals surface area contributed by atoms with Crippen molar-refractivity contribution in [2.24, 2.45) is 5.41 Å². The zero-order chi connectivity index (χ0) is 12.6. The maximum atomic E-state index is 13.3. The van der Waals surface area contributed by atoms with Crippen LogP contribution < -0.4 is 5.32 Å². The Balaban J connectivity index is 1.97. The average Bonchev–Trinajstić information content (AvgIpc) is 2.29. The molecule has 2 N–H and O–H groups in total. The summed E-state index contributed by atoms with van der Waals surface area (Å²) in [6.07, 6.45) is 0.524. The first-order valence-corrected chi connectivity index (χ1v) is 6.56. The molecule has 4 heteroatoms. The van der Waals surface area contributed by atoms with Gasteiger partial charge in [0.1, 0.15) is 5.82 Å². The van der Waals surface area contributed by atoms with Crippen molar-refractivity contribution in [1.29, 1.82) is 0 Å². The third kappa shape index (κ3) is 2.39. The maximum absolute atomic E-state index is 13.3. The molecule has 0 bridgehead atoms. The van der Waals surface area contributed by atoms with E-state index < -0.39 is 0 Å². The first-order chi connectivity index (χ1) is 7.93. The Morgan fingerprint density at radius 2 is 2.24 bits per heavy atom. The summed E-state index contributed by atoms with van der Waals surface area (Å²) >= 11 is 3.25. The van der Waals surface area contributed by atoms with Crippen molar-refractivity contribution in [2.75, 3.05) is 0 Å². The second-order valence-electron chi connectivity index (χ2n) is 5.22. The normalized spacial score (nSPS) is 26.6. The Kier molecular flexibility index (Phi) is 3.57. The Morgan fingerprint density at radius 3 is 2.82 bits per heavy atom. The van der Waals surface area contributed by atoms with Crippen molar-refractivity contribution < 1.29 is 9.50 Å². The van der Waals surface area contributed by atoms with Gasteiger partial charge >= 0.3 is 0 Å². The summed E-state index contributed by atoms with van der Waals surface area (Å²) in [7, 11) is 0. The highest BCUT2D eigenvalue weighted by Crippen LogP contribution is 2.40. The highest BCUT2D eigenvalue weighted by atomic mass is 79.9. The molecule has 1 aromatic carbocycles. The van der Waals surface area contributed by atoms with Crippen molar-refractivity contribution in [3.63, 3.8) is 0 Å². The SMILES string of the molecule is CC1(C)C(O)CC1NCc1cccc(F)c1Br. The molecule has 2 nitrogen and oxygen atoms in total. The molecule has 0 aromatic heterocycles. The van der Waals surface area contributed by atoms with Gasteiger partial charge in [0, 0.05) is 18.0 Å². The predicted molar refractivity (Wildman–Crippen MR) is 69.1 cm³/mol. The zero-order valence-corrected chi connectivity index (χ0v) is 11.6. The lowest BCUT2D eigenvalue weighted by Gasteiger charge is -2.49. The Morgan fingerprint density at radius 1 is 1.53 bits per heavy atom. The lowest BCUT2D eigenvalue weighted by Crippen LogP contribution is -2.59. The Hall–Kier alpha value is -0.450. The fourth-order valence-corrected chi connectivity index (χ4v) is 2.57. The van der Waals surface area contributed by atoms with Crippen LogP contribution >= 0.6 is 15.9 Å². The second kappa shape index (κ2) is 4.67. The van der Waals surface area contributed by atoms with Gasteiger partial charge in [-0.2, -0.15) is 0 Å². The highest BCUT2D eigenvalue weighted by Gasteiger charge is 2.46. The van der Waals surface area contributed by atoms with E-state index in [0.717, 1.165) is 12.0 Å². The minimum absolute atomic E-state index is 0.0974. The lowest BCUT2D eigenvalue weighted by atomic mass is 9.64. The zero-order valence-electron chi connectivity index (χ0n) is 10.0. The maximum Gasteiger partial charge on any atom is 0.137 e. The number of halogens is 2. The molecule has 1 saturated carbocycles. The van der Waals surface area contributed by atoms with E-state index in [1.54, 1.807) is 6.07 Å². The molecule has 0 aliphatic heterocycles. The van der Waals surface area contributed by atoms with Gasteiger partial charge in [0.15, 0.2) is 0 Å². The summed E-state index contributed by atoms with van der Waals surface area (Å²) in [6, 6.07) is 5.32. The van der Waals surface area contributed by atoms with Crippen LogP contribution in [0.25, 0.3) is 0 Å². The van der Waals surface area contributed by atoms with Crippen molar-refractivity contribution >= 4 is 15.9 Å². The fourth-order valence-electron chi connectivity index (χ4n) is 2.17. The molecule has 94 valence electrons. The standard InChI is InChI=1S/C13H17BrFNO/c1-13(2)10(6-11(13)17)16-7-8-4-3-5-9(15)12(8)14/h3-5,10-11,16-17H,6-7H2,1-2H3. The van der Waals surface area contributed by atoms with Crippen LogP contribution in [0.3, 0.4) is 0 Å². The van der Waals surface area contributed by atoms with Gasteiger partial charge < -0.3 is 10.4 Å². The minimum Gasteiger partial charge on any atom is -0.392 e. The third-order valence-corrected chi connectivity index (χ3v) is 4.67. The summed E-state index contributed by atoms with van der Waals surface area (Å²) in [5.74, 6) is -0.239. The first-order valence-electron chi connectivity index (χ1n) is 5.77. The van der Waals surface area contributed by atoms with Crippen LogP contribution in [0.1, 0.15) is 25.8 Å². The molecule has 0 amide bonds. The largest absolute Gasteiger partial charge is 0.392 e. The number of hydrogen-bond donors (Lipinski definition) is 2. The van der Waals surface area contributed by atoms with Crippen LogP contribution in [-0.2, 0) is 6.54 Å². The molecule has 1 fully saturated rings. The van der Waals surface area contributed by atoms with E-state index in [4.69, 9.17) is 0 Å². The van der Waals surface area contributed by atoms with E-state index >= 15 is 0 Å². The van der Waals surface area contributed by atoms with E-state index in [0.29, 0.717) is 11.0 Å². The molecule has 17 heavy (non-hydrogen) atoms. The first kappa shape index (κ1) is 13.0. The van der Waals surface area contributed by atoms with Crippen LogP contribution in [0.2, 0.25) is 0 Å². The number of nitrogens with one attached hydrogen (secondary N) is 1. The highest BCUT2D eigenvalue weighted by molar-refractivity contribution is 9.10. The van der Waals surface area contributed by atoms with E-state index in [1.807, 2.05) is 19.9 Å². The van der Waals surface area contributed by atoms with Crippen LogP contribution in [0.4, 0.5) is 4.39 Å². The molecule has 2 unspecified atom stereocenters. The number of aliphatic hydroxyl groups is 1. The molecule has 0 spiro atoms. The van der Waals surface area contributed by atoms with Crippen LogP contribution in [0.5, 0.6) is 0 Å². The van der Waals surface area contributed by atoms with E-state index in [9.17, 15) is 9.50 Å². The summed E-state index contributed by atoms with van der Waals surface area (Å²) < 4.78 is 13.8. The molecule has 0 heterocycles. The second-order valence-corrected chi connectivity index (χ2v) is 6.01. The molecule has 1 aliphatic rings. The summed E-state index contributed by atoms with van der Waals surface area (Å²) in [5.41, 5.74) is 0.807. The minimum atomic E-state index is -0.240. The number of aliphatic hydroxyl groups excluding tert-OH is 1. The van der Waals surface area contributed by atoms with Crippen molar-refractivity contribution in [3.05, 3.63) is 34.1 Å². The molecule has 2 rings (SSSR count). The van der Waals surface area contributed by atoms with Crippen LogP contribution in [-0.4, -0.2) is 17.3 Å². The number of hydrogen-bond acceptors (Lipinski definition) is 2. The van der Waals surface area contributed by atoms with Gasteiger partial charge in [0.05, 0.1) is 10.6 Å².